The molecule has 0 unspecified atom stereocenters. The Labute approximate surface area is 165 Å². The van der Waals surface area contributed by atoms with Gasteiger partial charge in [0.25, 0.3) is 0 Å². The third kappa shape index (κ3) is 3.99. The molecule has 7 heteroatoms. The van der Waals surface area contributed by atoms with Crippen molar-refractivity contribution < 1.29 is 4.79 Å². The van der Waals surface area contributed by atoms with Crippen molar-refractivity contribution in [1.82, 2.24) is 14.8 Å². The Morgan fingerprint density at radius 1 is 1.15 bits per heavy atom. The molecule has 0 radical (unpaired) electrons. The highest BCUT2D eigenvalue weighted by Crippen LogP contribution is 2.28. The van der Waals surface area contributed by atoms with E-state index in [0.29, 0.717) is 5.16 Å². The molecule has 0 aliphatic carbocycles. The Bertz CT molecular complexity index is 954. The normalized spacial score (nSPS) is 10.8. The van der Waals surface area contributed by atoms with Crippen molar-refractivity contribution in [3.05, 3.63) is 58.1 Å². The van der Waals surface area contributed by atoms with Gasteiger partial charge in [-0.25, -0.2) is 0 Å². The van der Waals surface area contributed by atoms with Gasteiger partial charge in [0.05, 0.1) is 5.75 Å². The van der Waals surface area contributed by atoms with Gasteiger partial charge in [-0.05, 0) is 37.1 Å². The molecule has 1 aromatic heterocycles. The second-order valence-corrected chi connectivity index (χ2v) is 7.73. The molecule has 0 aliphatic rings. The van der Waals surface area contributed by atoms with E-state index in [1.54, 1.807) is 0 Å². The molecule has 1 amide bonds. The number of thioether (sulfide) groups is 1. The quantitative estimate of drug-likeness (QED) is 0.601. The lowest BCUT2D eigenvalue weighted by Crippen LogP contribution is -2.15. The van der Waals surface area contributed by atoms with E-state index in [9.17, 15) is 4.79 Å². The maximum atomic E-state index is 12.3. The lowest BCUT2D eigenvalue weighted by atomic mass is 10.1. The monoisotopic (exact) mass is 430 g/mol. The number of nitrogens with one attached hydrogen (secondary N) is 1. The lowest BCUT2D eigenvalue weighted by molar-refractivity contribution is -0.113. The van der Waals surface area contributed by atoms with Crippen LogP contribution >= 0.6 is 27.7 Å². The van der Waals surface area contributed by atoms with Crippen LogP contribution in [0.3, 0.4) is 0 Å². The molecule has 26 heavy (non-hydrogen) atoms. The minimum Gasteiger partial charge on any atom is -0.325 e. The van der Waals surface area contributed by atoms with Crippen LogP contribution in [0.4, 0.5) is 5.69 Å². The fraction of sp³-hybridized carbons (Fsp3) is 0.211. The summed E-state index contributed by atoms with van der Waals surface area (Å²) in [7, 11) is 1.90. The molecule has 1 N–H and O–H groups in total. The molecule has 0 saturated heterocycles. The number of amides is 1. The number of anilines is 1. The molecule has 3 rings (SSSR count). The van der Waals surface area contributed by atoms with Crippen LogP contribution in [0.15, 0.2) is 52.1 Å². The van der Waals surface area contributed by atoms with Crippen LogP contribution in [-0.2, 0) is 11.8 Å². The molecule has 0 saturated carbocycles. The van der Waals surface area contributed by atoms with E-state index < -0.39 is 0 Å². The third-order valence-electron chi connectivity index (χ3n) is 4.16. The molecule has 2 aromatic carbocycles. The summed E-state index contributed by atoms with van der Waals surface area (Å²) in [5.41, 5.74) is 4.05. The van der Waals surface area contributed by atoms with Crippen molar-refractivity contribution in [3.8, 4) is 11.4 Å². The maximum Gasteiger partial charge on any atom is 0.234 e. The number of nitrogens with zero attached hydrogens (tertiary/aromatic N) is 3. The number of aryl methyl sites for hydroxylation is 1. The molecule has 134 valence electrons. The summed E-state index contributed by atoms with van der Waals surface area (Å²) >= 11 is 4.90. The molecular weight excluding hydrogens is 412 g/mol. The van der Waals surface area contributed by atoms with Gasteiger partial charge in [0.2, 0.25) is 5.91 Å². The molecule has 0 aliphatic heterocycles. The number of benzene rings is 2. The van der Waals surface area contributed by atoms with Crippen molar-refractivity contribution in [2.24, 2.45) is 7.05 Å². The Balaban J connectivity index is 1.68. The summed E-state index contributed by atoms with van der Waals surface area (Å²) < 4.78 is 2.86. The van der Waals surface area contributed by atoms with Gasteiger partial charge in [-0.15, -0.1) is 10.2 Å². The van der Waals surface area contributed by atoms with Crippen molar-refractivity contribution in [1.29, 1.82) is 0 Å². The predicted molar refractivity (Wildman–Crippen MR) is 109 cm³/mol. The highest BCUT2D eigenvalue weighted by atomic mass is 79.9. The van der Waals surface area contributed by atoms with Gasteiger partial charge in [-0.3, -0.25) is 4.79 Å². The van der Waals surface area contributed by atoms with E-state index in [2.05, 4.69) is 31.4 Å². The molecule has 0 bridgehead atoms. The van der Waals surface area contributed by atoms with Crippen molar-refractivity contribution in [2.75, 3.05) is 11.1 Å². The SMILES string of the molecule is Cc1cccc(NC(=O)CSc2nnc(-c3ccccc3Br)n2C)c1C. The Morgan fingerprint density at radius 3 is 2.69 bits per heavy atom. The van der Waals surface area contributed by atoms with Crippen molar-refractivity contribution in [3.63, 3.8) is 0 Å². The standard InChI is InChI=1S/C19H19BrN4OS/c1-12-7-6-10-16(13(12)2)21-17(25)11-26-19-23-22-18(24(19)3)14-8-4-5-9-15(14)20/h4-10H,11H2,1-3H3,(H,21,25). The highest BCUT2D eigenvalue weighted by Gasteiger charge is 2.15. The van der Waals surface area contributed by atoms with Gasteiger partial charge in [-0.1, -0.05) is 58.0 Å². The highest BCUT2D eigenvalue weighted by molar-refractivity contribution is 9.10. The molecule has 0 spiro atoms. The van der Waals surface area contributed by atoms with Crippen LogP contribution in [0.5, 0.6) is 0 Å². The molecule has 1 heterocycles. The summed E-state index contributed by atoms with van der Waals surface area (Å²) in [6.07, 6.45) is 0. The zero-order valence-electron chi connectivity index (χ0n) is 14.8. The first kappa shape index (κ1) is 18.7. The van der Waals surface area contributed by atoms with E-state index in [1.807, 2.05) is 67.9 Å². The average molecular weight is 431 g/mol. The van der Waals surface area contributed by atoms with Crippen LogP contribution in [0.2, 0.25) is 0 Å². The van der Waals surface area contributed by atoms with Gasteiger partial charge in [-0.2, -0.15) is 0 Å². The molecule has 3 aromatic rings. The maximum absolute atomic E-state index is 12.3. The molecule has 0 atom stereocenters. The van der Waals surface area contributed by atoms with Crippen LogP contribution < -0.4 is 5.32 Å². The average Bonchev–Trinajstić information content (AvgIpc) is 2.98. The topological polar surface area (TPSA) is 59.8 Å². The van der Waals surface area contributed by atoms with Crippen molar-refractivity contribution in [2.45, 2.75) is 19.0 Å². The van der Waals surface area contributed by atoms with Gasteiger partial charge >= 0.3 is 0 Å². The van der Waals surface area contributed by atoms with Gasteiger partial charge in [0, 0.05) is 22.8 Å². The van der Waals surface area contributed by atoms with Crippen LogP contribution in [0.25, 0.3) is 11.4 Å². The summed E-state index contributed by atoms with van der Waals surface area (Å²) in [6, 6.07) is 13.7. The molecule has 5 nitrogen and oxygen atoms in total. The summed E-state index contributed by atoms with van der Waals surface area (Å²) in [4.78, 5) is 12.3. The Hall–Kier alpha value is -2.12. The van der Waals surface area contributed by atoms with Crippen LogP contribution in [-0.4, -0.2) is 26.4 Å². The molecule has 0 fully saturated rings. The second kappa shape index (κ2) is 8.05. The number of hydrogen-bond donors (Lipinski definition) is 1. The number of halogens is 1. The van der Waals surface area contributed by atoms with E-state index in [1.165, 1.54) is 11.8 Å². The second-order valence-electron chi connectivity index (χ2n) is 5.93. The lowest BCUT2D eigenvalue weighted by Gasteiger charge is -2.10. The smallest absolute Gasteiger partial charge is 0.234 e. The number of aromatic nitrogens is 3. The predicted octanol–water partition coefficient (Wildman–Crippen LogP) is 4.59. The molecular formula is C19H19BrN4OS. The number of carbonyl (C=O) groups is 1. The van der Waals surface area contributed by atoms with Gasteiger partial charge in [0.15, 0.2) is 11.0 Å². The van der Waals surface area contributed by atoms with Gasteiger partial charge < -0.3 is 9.88 Å². The van der Waals surface area contributed by atoms with E-state index in [-0.39, 0.29) is 11.7 Å². The summed E-state index contributed by atoms with van der Waals surface area (Å²) in [6.45, 7) is 4.04. The largest absolute Gasteiger partial charge is 0.325 e. The summed E-state index contributed by atoms with van der Waals surface area (Å²) in [5, 5.41) is 12.1. The number of hydrogen-bond acceptors (Lipinski definition) is 4. The first-order chi connectivity index (χ1) is 12.5. The fourth-order valence-corrected chi connectivity index (χ4v) is 3.69. The minimum atomic E-state index is -0.0610. The van der Waals surface area contributed by atoms with Gasteiger partial charge in [0.1, 0.15) is 0 Å². The Kier molecular flexibility index (Phi) is 5.78. The van der Waals surface area contributed by atoms with Crippen LogP contribution in [0.1, 0.15) is 11.1 Å². The van der Waals surface area contributed by atoms with Crippen LogP contribution in [0, 0.1) is 13.8 Å². The van der Waals surface area contributed by atoms with E-state index in [4.69, 9.17) is 0 Å². The first-order valence-electron chi connectivity index (χ1n) is 8.10. The first-order valence-corrected chi connectivity index (χ1v) is 9.88. The zero-order chi connectivity index (χ0) is 18.7. The number of carbonyl (C=O) groups excluding carboxylic acids is 1. The number of rotatable bonds is 5. The van der Waals surface area contributed by atoms with Crippen molar-refractivity contribution >= 4 is 39.3 Å². The Morgan fingerprint density at radius 2 is 1.92 bits per heavy atom. The van der Waals surface area contributed by atoms with E-state index in [0.717, 1.165) is 32.7 Å². The third-order valence-corrected chi connectivity index (χ3v) is 5.87. The minimum absolute atomic E-state index is 0.0610. The zero-order valence-corrected chi connectivity index (χ0v) is 17.2. The summed E-state index contributed by atoms with van der Waals surface area (Å²) in [5.74, 6) is 0.971. The van der Waals surface area contributed by atoms with E-state index >= 15 is 0 Å². The fourth-order valence-electron chi connectivity index (χ4n) is 2.52.